The number of fused-ring (bicyclic) bond motifs is 1. The smallest absolute Gasteiger partial charge is 0.253 e. The predicted molar refractivity (Wildman–Crippen MR) is 104 cm³/mol. The van der Waals surface area contributed by atoms with Gasteiger partial charge in [-0.25, -0.2) is 4.98 Å². The van der Waals surface area contributed by atoms with Gasteiger partial charge in [0.15, 0.2) is 0 Å². The average Bonchev–Trinajstić information content (AvgIpc) is 3.14. The number of aromatic nitrogens is 1. The number of primary amides is 1. The van der Waals surface area contributed by atoms with E-state index in [1.807, 2.05) is 32.0 Å². The number of thiazole rings is 1. The highest BCUT2D eigenvalue weighted by Gasteiger charge is 2.20. The molecule has 0 aliphatic carbocycles. The quantitative estimate of drug-likeness (QED) is 0.677. The molecule has 26 heavy (non-hydrogen) atoms. The first-order chi connectivity index (χ1) is 12.4. The van der Waals surface area contributed by atoms with Crippen LogP contribution in [0.25, 0.3) is 10.1 Å². The lowest BCUT2D eigenvalue weighted by Gasteiger charge is -2.11. The molecular weight excluding hydrogens is 370 g/mol. The molecule has 2 heterocycles. The van der Waals surface area contributed by atoms with Crippen molar-refractivity contribution >= 4 is 44.6 Å². The van der Waals surface area contributed by atoms with Gasteiger partial charge >= 0.3 is 0 Å². The Labute approximate surface area is 159 Å². The Bertz CT molecular complexity index is 977. The molecule has 0 radical (unpaired) electrons. The average molecular weight is 390 g/mol. The number of rotatable bonds is 6. The van der Waals surface area contributed by atoms with E-state index in [-0.39, 0.29) is 5.91 Å². The van der Waals surface area contributed by atoms with E-state index in [2.05, 4.69) is 10.3 Å². The van der Waals surface area contributed by atoms with Gasteiger partial charge in [0.1, 0.15) is 18.4 Å². The van der Waals surface area contributed by atoms with Crippen molar-refractivity contribution in [3.63, 3.8) is 0 Å². The summed E-state index contributed by atoms with van der Waals surface area (Å²) < 4.78 is 6.86. The maximum absolute atomic E-state index is 12.6. The maximum Gasteiger partial charge on any atom is 0.253 e. The lowest BCUT2D eigenvalue weighted by molar-refractivity contribution is -0.119. The van der Waals surface area contributed by atoms with Gasteiger partial charge in [-0.2, -0.15) is 0 Å². The topological polar surface area (TPSA) is 94.3 Å². The lowest BCUT2D eigenvalue weighted by Crippen LogP contribution is -2.42. The number of amides is 2. The number of benzene rings is 1. The van der Waals surface area contributed by atoms with Crippen LogP contribution in [0.2, 0.25) is 0 Å². The number of hydrogen-bond acceptors (Lipinski definition) is 6. The molecule has 0 fully saturated rings. The van der Waals surface area contributed by atoms with Crippen LogP contribution in [0.4, 0.5) is 0 Å². The van der Waals surface area contributed by atoms with Crippen LogP contribution in [0.5, 0.6) is 5.75 Å². The Morgan fingerprint density at radius 2 is 2.12 bits per heavy atom. The molecule has 3 rings (SSSR count). The van der Waals surface area contributed by atoms with Crippen LogP contribution in [-0.2, 0) is 11.4 Å². The SMILES string of the molecule is Cc1ncsc1COc1ccc2sc(C)c(C(=O)N[C@@H](C)C(N)=O)c2c1. The fraction of sp³-hybridized carbons (Fsp3) is 0.278. The first-order valence-corrected chi connectivity index (χ1v) is 9.71. The van der Waals surface area contributed by atoms with Crippen molar-refractivity contribution in [2.24, 2.45) is 5.73 Å². The van der Waals surface area contributed by atoms with Gasteiger partial charge in [0, 0.05) is 15.0 Å². The third-order valence-electron chi connectivity index (χ3n) is 4.05. The summed E-state index contributed by atoms with van der Waals surface area (Å²) in [5.74, 6) is -0.199. The molecule has 0 bridgehead atoms. The maximum atomic E-state index is 12.6. The Morgan fingerprint density at radius 3 is 2.77 bits per heavy atom. The van der Waals surface area contributed by atoms with Gasteiger partial charge in [-0.1, -0.05) is 0 Å². The van der Waals surface area contributed by atoms with Gasteiger partial charge in [0.05, 0.1) is 21.6 Å². The molecule has 8 heteroatoms. The van der Waals surface area contributed by atoms with E-state index in [0.717, 1.165) is 25.5 Å². The zero-order chi connectivity index (χ0) is 18.8. The molecule has 2 amide bonds. The second kappa shape index (κ2) is 7.43. The van der Waals surface area contributed by atoms with Crippen molar-refractivity contribution in [3.05, 3.63) is 44.7 Å². The zero-order valence-corrected chi connectivity index (χ0v) is 16.3. The van der Waals surface area contributed by atoms with E-state index in [9.17, 15) is 9.59 Å². The summed E-state index contributed by atoms with van der Waals surface area (Å²) in [7, 11) is 0. The summed E-state index contributed by atoms with van der Waals surface area (Å²) >= 11 is 3.08. The molecule has 3 aromatic rings. The summed E-state index contributed by atoms with van der Waals surface area (Å²) in [5.41, 5.74) is 8.54. The number of ether oxygens (including phenoxy) is 1. The van der Waals surface area contributed by atoms with Crippen molar-refractivity contribution in [1.82, 2.24) is 10.3 Å². The predicted octanol–water partition coefficient (Wildman–Crippen LogP) is 3.16. The van der Waals surface area contributed by atoms with Crippen molar-refractivity contribution < 1.29 is 14.3 Å². The van der Waals surface area contributed by atoms with Crippen LogP contribution in [-0.4, -0.2) is 22.8 Å². The molecule has 1 atom stereocenters. The molecule has 0 aliphatic rings. The molecule has 0 saturated carbocycles. The fourth-order valence-corrected chi connectivity index (χ4v) is 4.25. The van der Waals surface area contributed by atoms with Gasteiger partial charge in [0.2, 0.25) is 5.91 Å². The minimum atomic E-state index is -0.731. The van der Waals surface area contributed by atoms with E-state index in [1.54, 1.807) is 23.8 Å². The third-order valence-corrected chi connectivity index (χ3v) is 6.05. The fourth-order valence-electron chi connectivity index (χ4n) is 2.52. The molecule has 136 valence electrons. The number of aryl methyl sites for hydroxylation is 2. The Balaban J connectivity index is 1.87. The molecule has 2 aromatic heterocycles. The highest BCUT2D eigenvalue weighted by molar-refractivity contribution is 7.19. The zero-order valence-electron chi connectivity index (χ0n) is 14.7. The normalized spacial score (nSPS) is 12.1. The highest BCUT2D eigenvalue weighted by atomic mass is 32.1. The Kier molecular flexibility index (Phi) is 5.24. The summed E-state index contributed by atoms with van der Waals surface area (Å²) in [4.78, 5) is 30.0. The minimum Gasteiger partial charge on any atom is -0.488 e. The molecule has 1 aromatic carbocycles. The first kappa shape index (κ1) is 18.3. The molecule has 0 spiro atoms. The molecule has 6 nitrogen and oxygen atoms in total. The number of nitrogens with zero attached hydrogens (tertiary/aromatic N) is 1. The van der Waals surface area contributed by atoms with Crippen LogP contribution in [0.3, 0.4) is 0 Å². The lowest BCUT2D eigenvalue weighted by atomic mass is 10.1. The summed E-state index contributed by atoms with van der Waals surface area (Å²) in [6.07, 6.45) is 0. The van der Waals surface area contributed by atoms with Crippen LogP contribution in [0.1, 0.15) is 32.7 Å². The Morgan fingerprint density at radius 1 is 1.35 bits per heavy atom. The van der Waals surface area contributed by atoms with Crippen molar-refractivity contribution in [3.8, 4) is 5.75 Å². The number of nitrogens with one attached hydrogen (secondary N) is 1. The third kappa shape index (κ3) is 3.71. The van der Waals surface area contributed by atoms with Crippen molar-refractivity contribution in [2.45, 2.75) is 33.4 Å². The van der Waals surface area contributed by atoms with Gasteiger partial charge in [-0.3, -0.25) is 9.59 Å². The molecule has 0 saturated heterocycles. The van der Waals surface area contributed by atoms with Gasteiger partial charge in [-0.15, -0.1) is 22.7 Å². The van der Waals surface area contributed by atoms with E-state index < -0.39 is 11.9 Å². The number of nitrogens with two attached hydrogens (primary N) is 1. The second-order valence-corrected chi connectivity index (χ2v) is 8.13. The number of carbonyl (C=O) groups is 2. The van der Waals surface area contributed by atoms with Crippen molar-refractivity contribution in [2.75, 3.05) is 0 Å². The van der Waals surface area contributed by atoms with Gasteiger partial charge in [-0.05, 0) is 39.0 Å². The largest absolute Gasteiger partial charge is 0.488 e. The van der Waals surface area contributed by atoms with Crippen molar-refractivity contribution in [1.29, 1.82) is 0 Å². The van der Waals surface area contributed by atoms with Crippen LogP contribution in [0, 0.1) is 13.8 Å². The van der Waals surface area contributed by atoms with Gasteiger partial charge in [0.25, 0.3) is 5.91 Å². The number of thiophene rings is 1. The van der Waals surface area contributed by atoms with E-state index in [1.165, 1.54) is 11.3 Å². The monoisotopic (exact) mass is 389 g/mol. The summed E-state index contributed by atoms with van der Waals surface area (Å²) in [6.45, 7) is 5.83. The standard InChI is InChI=1S/C18H19N3O3S2/c1-9-15(25-8-20-9)7-24-12-4-5-14-13(6-12)16(11(3)26-14)18(23)21-10(2)17(19)22/h4-6,8,10H,7H2,1-3H3,(H2,19,22)(H,21,23)/t10-/m0/s1. The molecule has 0 unspecified atom stereocenters. The van der Waals surface area contributed by atoms with E-state index in [0.29, 0.717) is 17.9 Å². The van der Waals surface area contributed by atoms with E-state index in [4.69, 9.17) is 10.5 Å². The summed E-state index contributed by atoms with van der Waals surface area (Å²) in [5, 5.41) is 3.45. The number of hydrogen-bond donors (Lipinski definition) is 2. The van der Waals surface area contributed by atoms with Crippen LogP contribution < -0.4 is 15.8 Å². The highest BCUT2D eigenvalue weighted by Crippen LogP contribution is 2.34. The van der Waals surface area contributed by atoms with Crippen LogP contribution in [0.15, 0.2) is 23.7 Å². The molecule has 3 N–H and O–H groups in total. The van der Waals surface area contributed by atoms with Gasteiger partial charge < -0.3 is 15.8 Å². The first-order valence-electron chi connectivity index (χ1n) is 8.02. The minimum absolute atomic E-state index is 0.310. The number of carbonyl (C=O) groups excluding carboxylic acids is 2. The Hall–Kier alpha value is -2.45. The molecule has 0 aliphatic heterocycles. The molecular formula is C18H19N3O3S2. The van der Waals surface area contributed by atoms with Crippen LogP contribution >= 0.6 is 22.7 Å². The second-order valence-electron chi connectivity index (χ2n) is 5.94. The van der Waals surface area contributed by atoms with E-state index >= 15 is 0 Å². The summed E-state index contributed by atoms with van der Waals surface area (Å²) in [6, 6.07) is 4.96.